The van der Waals surface area contributed by atoms with Crippen LogP contribution >= 0.6 is 0 Å². The third-order valence-electron chi connectivity index (χ3n) is 3.47. The van der Waals surface area contributed by atoms with Crippen molar-refractivity contribution in [2.75, 3.05) is 6.61 Å². The number of carboxylic acid groups (broad SMARTS) is 1. The van der Waals surface area contributed by atoms with E-state index >= 15 is 0 Å². The SMILES string of the molecule is CCCCCCCCCCCOC(=O)C(CC(=O)O)S(=O)(=O)O.N. The van der Waals surface area contributed by atoms with Gasteiger partial charge >= 0.3 is 11.9 Å². The van der Waals surface area contributed by atoms with Crippen molar-refractivity contribution < 1.29 is 32.4 Å². The first-order valence-corrected chi connectivity index (χ1v) is 9.64. The molecule has 0 aromatic heterocycles. The van der Waals surface area contributed by atoms with E-state index in [0.717, 1.165) is 19.3 Å². The van der Waals surface area contributed by atoms with Gasteiger partial charge < -0.3 is 16.0 Å². The molecule has 0 aromatic rings. The average Bonchev–Trinajstić information content (AvgIpc) is 2.45. The first kappa shape index (κ1) is 25.1. The number of esters is 1. The summed E-state index contributed by atoms with van der Waals surface area (Å²) < 4.78 is 35.6. The average molecular weight is 369 g/mol. The molecule has 0 rings (SSSR count). The van der Waals surface area contributed by atoms with Crippen LogP contribution < -0.4 is 6.15 Å². The van der Waals surface area contributed by atoms with Crippen molar-refractivity contribution in [2.45, 2.75) is 76.4 Å². The van der Waals surface area contributed by atoms with Crippen LogP contribution in [-0.2, 0) is 24.4 Å². The molecule has 0 aliphatic rings. The van der Waals surface area contributed by atoms with E-state index in [1.165, 1.54) is 32.1 Å². The second-order valence-electron chi connectivity index (χ2n) is 5.60. The van der Waals surface area contributed by atoms with Gasteiger partial charge in [-0.15, -0.1) is 0 Å². The number of carbonyl (C=O) groups excluding carboxylic acids is 1. The van der Waals surface area contributed by atoms with Gasteiger partial charge in [0.05, 0.1) is 13.0 Å². The van der Waals surface area contributed by atoms with Crippen LogP contribution in [0.3, 0.4) is 0 Å². The lowest BCUT2D eigenvalue weighted by molar-refractivity contribution is -0.147. The molecule has 0 saturated heterocycles. The maximum Gasteiger partial charge on any atom is 0.327 e. The topological polar surface area (TPSA) is 153 Å². The molecule has 0 aliphatic carbocycles. The van der Waals surface area contributed by atoms with E-state index in [0.29, 0.717) is 6.42 Å². The Hall–Kier alpha value is -1.19. The lowest BCUT2D eigenvalue weighted by Gasteiger charge is -2.11. The molecule has 0 aliphatic heterocycles. The van der Waals surface area contributed by atoms with Gasteiger partial charge in [-0.1, -0.05) is 58.3 Å². The maximum atomic E-state index is 11.5. The molecule has 1 unspecified atom stereocenters. The van der Waals surface area contributed by atoms with Gasteiger partial charge in [0.2, 0.25) is 0 Å². The van der Waals surface area contributed by atoms with Crippen LogP contribution in [0.5, 0.6) is 0 Å². The van der Waals surface area contributed by atoms with E-state index in [2.05, 4.69) is 6.92 Å². The second-order valence-corrected chi connectivity index (χ2v) is 7.20. The molecule has 0 fully saturated rings. The number of aliphatic carboxylic acids is 1. The van der Waals surface area contributed by atoms with Gasteiger partial charge in [-0.25, -0.2) is 0 Å². The normalized spacial score (nSPS) is 12.2. The lowest BCUT2D eigenvalue weighted by Crippen LogP contribution is -2.34. The number of carbonyl (C=O) groups is 2. The monoisotopic (exact) mass is 369 g/mol. The molecule has 0 saturated carbocycles. The summed E-state index contributed by atoms with van der Waals surface area (Å²) in [5.41, 5.74) is 0. The van der Waals surface area contributed by atoms with E-state index in [9.17, 15) is 18.0 Å². The number of hydrogen-bond acceptors (Lipinski definition) is 6. The largest absolute Gasteiger partial charge is 0.481 e. The van der Waals surface area contributed by atoms with Crippen LogP contribution in [-0.4, -0.2) is 41.9 Å². The van der Waals surface area contributed by atoms with Crippen molar-refractivity contribution in [2.24, 2.45) is 0 Å². The minimum absolute atomic E-state index is 0. The van der Waals surface area contributed by atoms with Gasteiger partial charge in [0.15, 0.2) is 5.25 Å². The van der Waals surface area contributed by atoms with Gasteiger partial charge in [-0.2, -0.15) is 8.42 Å². The Morgan fingerprint density at radius 2 is 1.42 bits per heavy atom. The third-order valence-corrected chi connectivity index (χ3v) is 4.55. The van der Waals surface area contributed by atoms with Crippen LogP contribution in [0.2, 0.25) is 0 Å². The summed E-state index contributed by atoms with van der Waals surface area (Å²) in [6, 6.07) is 0. The third kappa shape index (κ3) is 13.3. The predicted octanol–water partition coefficient (Wildman–Crippen LogP) is 2.95. The minimum atomic E-state index is -4.78. The van der Waals surface area contributed by atoms with Crippen molar-refractivity contribution in [3.8, 4) is 0 Å². The van der Waals surface area contributed by atoms with Crippen LogP contribution in [0.4, 0.5) is 0 Å². The summed E-state index contributed by atoms with van der Waals surface area (Å²) in [6.45, 7) is 2.20. The number of carboxylic acids is 1. The molecule has 1 atom stereocenters. The van der Waals surface area contributed by atoms with E-state index in [-0.39, 0.29) is 12.8 Å². The molecule has 24 heavy (non-hydrogen) atoms. The zero-order chi connectivity index (χ0) is 17.7. The molecule has 0 heterocycles. The van der Waals surface area contributed by atoms with Crippen molar-refractivity contribution in [1.82, 2.24) is 6.15 Å². The Kier molecular flexibility index (Phi) is 14.8. The molecule has 0 aromatic carbocycles. The van der Waals surface area contributed by atoms with Gasteiger partial charge in [-0.3, -0.25) is 14.1 Å². The van der Waals surface area contributed by atoms with Crippen molar-refractivity contribution >= 4 is 22.1 Å². The highest BCUT2D eigenvalue weighted by Gasteiger charge is 2.34. The number of ether oxygens (including phenoxy) is 1. The highest BCUT2D eigenvalue weighted by Crippen LogP contribution is 2.11. The van der Waals surface area contributed by atoms with Crippen LogP contribution in [0.1, 0.15) is 71.1 Å². The molecule has 144 valence electrons. The summed E-state index contributed by atoms with van der Waals surface area (Å²) in [5.74, 6) is -2.71. The summed E-state index contributed by atoms with van der Waals surface area (Å²) in [7, 11) is -4.78. The van der Waals surface area contributed by atoms with E-state index in [4.69, 9.17) is 14.4 Å². The highest BCUT2D eigenvalue weighted by molar-refractivity contribution is 7.87. The van der Waals surface area contributed by atoms with Gasteiger partial charge in [0.25, 0.3) is 10.1 Å². The molecule has 5 N–H and O–H groups in total. The summed E-state index contributed by atoms with van der Waals surface area (Å²) >= 11 is 0. The van der Waals surface area contributed by atoms with E-state index < -0.39 is 33.7 Å². The fourth-order valence-corrected chi connectivity index (χ4v) is 2.81. The summed E-state index contributed by atoms with van der Waals surface area (Å²) in [4.78, 5) is 22.1. The standard InChI is InChI=1S/C15H28O7S.H3N/c1-2-3-4-5-6-7-8-9-10-11-22-15(18)13(12-14(16)17)23(19,20)21;/h13H,2-12H2,1H3,(H,16,17)(H,19,20,21);1H3. The zero-order valence-corrected chi connectivity index (χ0v) is 15.2. The van der Waals surface area contributed by atoms with Crippen molar-refractivity contribution in [3.63, 3.8) is 0 Å². The quantitative estimate of drug-likeness (QED) is 0.240. The van der Waals surface area contributed by atoms with Crippen LogP contribution in [0, 0.1) is 0 Å². The van der Waals surface area contributed by atoms with Gasteiger partial charge in [0.1, 0.15) is 0 Å². The maximum absolute atomic E-state index is 11.5. The second kappa shape index (κ2) is 14.2. The molecule has 0 radical (unpaired) electrons. The Balaban J connectivity index is 0. The van der Waals surface area contributed by atoms with Crippen LogP contribution in [0.25, 0.3) is 0 Å². The molecule has 9 heteroatoms. The van der Waals surface area contributed by atoms with Crippen molar-refractivity contribution in [3.05, 3.63) is 0 Å². The van der Waals surface area contributed by atoms with E-state index in [1.807, 2.05) is 0 Å². The first-order chi connectivity index (χ1) is 10.8. The van der Waals surface area contributed by atoms with Crippen LogP contribution in [0.15, 0.2) is 0 Å². The Morgan fingerprint density at radius 1 is 0.958 bits per heavy atom. The Bertz CT molecular complexity index is 451. The molecule has 8 nitrogen and oxygen atoms in total. The number of unbranched alkanes of at least 4 members (excludes halogenated alkanes) is 8. The molecule has 0 bridgehead atoms. The summed E-state index contributed by atoms with van der Waals surface area (Å²) in [5, 5.41) is 6.50. The number of rotatable bonds is 14. The van der Waals surface area contributed by atoms with Crippen molar-refractivity contribution in [1.29, 1.82) is 0 Å². The van der Waals surface area contributed by atoms with Gasteiger partial charge in [0, 0.05) is 0 Å². The minimum Gasteiger partial charge on any atom is -0.481 e. The Labute approximate surface area is 144 Å². The smallest absolute Gasteiger partial charge is 0.327 e. The molecule has 0 spiro atoms. The highest BCUT2D eigenvalue weighted by atomic mass is 32.2. The lowest BCUT2D eigenvalue weighted by atomic mass is 10.1. The van der Waals surface area contributed by atoms with Gasteiger partial charge in [-0.05, 0) is 6.42 Å². The number of hydrogen-bond donors (Lipinski definition) is 3. The fourth-order valence-electron chi connectivity index (χ4n) is 2.15. The summed E-state index contributed by atoms with van der Waals surface area (Å²) in [6.07, 6.45) is 8.73. The fraction of sp³-hybridized carbons (Fsp3) is 0.867. The zero-order valence-electron chi connectivity index (χ0n) is 14.4. The first-order valence-electron chi connectivity index (χ1n) is 8.13. The Morgan fingerprint density at radius 3 is 1.83 bits per heavy atom. The molecule has 0 amide bonds. The molecular weight excluding hydrogens is 338 g/mol. The molecular formula is C15H31NO7S. The predicted molar refractivity (Wildman–Crippen MR) is 90.8 cm³/mol. The van der Waals surface area contributed by atoms with E-state index in [1.54, 1.807) is 0 Å².